The molecule has 1 saturated carbocycles. The van der Waals surface area contributed by atoms with Crippen LogP contribution in [0.3, 0.4) is 0 Å². The highest BCUT2D eigenvalue weighted by atomic mass is 19.1. The molecule has 104 valence electrons. The molecule has 3 heteroatoms. The number of hydrogen-bond donors (Lipinski definition) is 0. The molecule has 0 heterocycles. The average molecular weight is 266 g/mol. The fourth-order valence-electron chi connectivity index (χ4n) is 3.02. The Labute approximate surface area is 113 Å². The van der Waals surface area contributed by atoms with Gasteiger partial charge in [-0.3, -0.25) is 4.79 Å². The van der Waals surface area contributed by atoms with Gasteiger partial charge < -0.3 is 0 Å². The Kier molecular flexibility index (Phi) is 4.67. The Morgan fingerprint density at radius 1 is 1.32 bits per heavy atom. The van der Waals surface area contributed by atoms with E-state index in [1.54, 1.807) is 0 Å². The fraction of sp³-hybridized carbons (Fsp3) is 0.562. The van der Waals surface area contributed by atoms with E-state index >= 15 is 0 Å². The molecule has 2 rings (SSSR count). The van der Waals surface area contributed by atoms with Gasteiger partial charge in [0.05, 0.1) is 0 Å². The van der Waals surface area contributed by atoms with Crippen LogP contribution in [0.2, 0.25) is 0 Å². The molecule has 0 aromatic heterocycles. The first kappa shape index (κ1) is 14.2. The van der Waals surface area contributed by atoms with E-state index in [0.717, 1.165) is 31.7 Å². The SMILES string of the molecule is CCCC1CCC(=O)C(Cc2ccc(F)cc2F)C1. The van der Waals surface area contributed by atoms with Crippen LogP contribution in [0.5, 0.6) is 0 Å². The summed E-state index contributed by atoms with van der Waals surface area (Å²) in [6.45, 7) is 2.14. The van der Waals surface area contributed by atoms with E-state index < -0.39 is 11.6 Å². The van der Waals surface area contributed by atoms with E-state index in [4.69, 9.17) is 0 Å². The van der Waals surface area contributed by atoms with E-state index in [9.17, 15) is 13.6 Å². The second kappa shape index (κ2) is 6.27. The zero-order chi connectivity index (χ0) is 13.8. The van der Waals surface area contributed by atoms with Crippen LogP contribution in [0.1, 0.15) is 44.6 Å². The molecular formula is C16H20F2O. The molecule has 0 N–H and O–H groups in total. The Hall–Kier alpha value is -1.25. The number of halogens is 2. The van der Waals surface area contributed by atoms with E-state index in [1.165, 1.54) is 12.1 Å². The summed E-state index contributed by atoms with van der Waals surface area (Å²) in [7, 11) is 0. The van der Waals surface area contributed by atoms with Crippen LogP contribution < -0.4 is 0 Å². The van der Waals surface area contributed by atoms with Gasteiger partial charge >= 0.3 is 0 Å². The number of rotatable bonds is 4. The fourth-order valence-corrected chi connectivity index (χ4v) is 3.02. The Morgan fingerprint density at radius 3 is 2.79 bits per heavy atom. The molecule has 0 bridgehead atoms. The Bertz CT molecular complexity index is 456. The lowest BCUT2D eigenvalue weighted by atomic mass is 9.76. The first-order valence-electron chi connectivity index (χ1n) is 7.06. The van der Waals surface area contributed by atoms with Crippen molar-refractivity contribution in [2.45, 2.75) is 45.4 Å². The highest BCUT2D eigenvalue weighted by Crippen LogP contribution is 2.32. The Balaban J connectivity index is 2.05. The standard InChI is InChI=1S/C16H20F2O/c1-2-3-11-4-7-16(19)13(8-11)9-12-5-6-14(17)10-15(12)18/h5-6,10-11,13H,2-4,7-9H2,1H3. The molecule has 2 unspecified atom stereocenters. The minimum atomic E-state index is -0.569. The first-order valence-corrected chi connectivity index (χ1v) is 7.06. The number of Topliss-reactive ketones (excluding diaryl/α,β-unsaturated/α-hetero) is 1. The molecular weight excluding hydrogens is 246 g/mol. The highest BCUT2D eigenvalue weighted by molar-refractivity contribution is 5.82. The van der Waals surface area contributed by atoms with E-state index in [2.05, 4.69) is 6.92 Å². The lowest BCUT2D eigenvalue weighted by Gasteiger charge is -2.28. The number of benzene rings is 1. The summed E-state index contributed by atoms with van der Waals surface area (Å²) in [6, 6.07) is 3.61. The largest absolute Gasteiger partial charge is 0.299 e. The van der Waals surface area contributed by atoms with Gasteiger partial charge in [-0.15, -0.1) is 0 Å². The van der Waals surface area contributed by atoms with Crippen molar-refractivity contribution in [1.29, 1.82) is 0 Å². The molecule has 1 nitrogen and oxygen atoms in total. The molecule has 1 aliphatic rings. The molecule has 0 aliphatic heterocycles. The van der Waals surface area contributed by atoms with Crippen molar-refractivity contribution in [3.63, 3.8) is 0 Å². The maximum absolute atomic E-state index is 13.6. The van der Waals surface area contributed by atoms with Gasteiger partial charge in [-0.1, -0.05) is 25.8 Å². The van der Waals surface area contributed by atoms with Gasteiger partial charge in [0, 0.05) is 18.4 Å². The first-order chi connectivity index (χ1) is 9.10. The number of carbonyl (C=O) groups excluding carboxylic acids is 1. The summed E-state index contributed by atoms with van der Waals surface area (Å²) in [6.07, 6.45) is 5.09. The molecule has 1 fully saturated rings. The molecule has 1 aromatic rings. The number of carbonyl (C=O) groups is 1. The van der Waals surface area contributed by atoms with Gasteiger partial charge in [-0.25, -0.2) is 8.78 Å². The third-order valence-electron chi connectivity index (χ3n) is 4.05. The van der Waals surface area contributed by atoms with Gasteiger partial charge in [-0.2, -0.15) is 0 Å². The van der Waals surface area contributed by atoms with Gasteiger partial charge in [0.15, 0.2) is 0 Å². The van der Waals surface area contributed by atoms with Crippen LogP contribution >= 0.6 is 0 Å². The van der Waals surface area contributed by atoms with Crippen molar-refractivity contribution in [2.75, 3.05) is 0 Å². The Morgan fingerprint density at radius 2 is 2.11 bits per heavy atom. The lowest BCUT2D eigenvalue weighted by molar-refractivity contribution is -0.125. The van der Waals surface area contributed by atoms with Crippen LogP contribution in [0.4, 0.5) is 8.78 Å². The summed E-state index contributed by atoms with van der Waals surface area (Å²) in [4.78, 5) is 11.9. The van der Waals surface area contributed by atoms with Crippen LogP contribution in [0.15, 0.2) is 18.2 Å². The summed E-state index contributed by atoms with van der Waals surface area (Å²) < 4.78 is 26.5. The quantitative estimate of drug-likeness (QED) is 0.794. The van der Waals surface area contributed by atoms with Crippen molar-refractivity contribution in [1.82, 2.24) is 0 Å². The van der Waals surface area contributed by atoms with Crippen molar-refractivity contribution in [3.8, 4) is 0 Å². The monoisotopic (exact) mass is 266 g/mol. The molecule has 1 aliphatic carbocycles. The van der Waals surface area contributed by atoms with Gasteiger partial charge in [0.2, 0.25) is 0 Å². The molecule has 1 aromatic carbocycles. The number of hydrogen-bond acceptors (Lipinski definition) is 1. The maximum atomic E-state index is 13.6. The average Bonchev–Trinajstić information content (AvgIpc) is 2.37. The van der Waals surface area contributed by atoms with Crippen molar-refractivity contribution >= 4 is 5.78 Å². The topological polar surface area (TPSA) is 17.1 Å². The third kappa shape index (κ3) is 3.62. The predicted octanol–water partition coefficient (Wildman–Crippen LogP) is 4.29. The minimum absolute atomic E-state index is 0.0924. The zero-order valence-corrected chi connectivity index (χ0v) is 11.3. The van der Waals surface area contributed by atoms with Crippen LogP contribution in [-0.2, 0) is 11.2 Å². The van der Waals surface area contributed by atoms with Gasteiger partial charge in [0.1, 0.15) is 17.4 Å². The van der Waals surface area contributed by atoms with Crippen molar-refractivity contribution in [2.24, 2.45) is 11.8 Å². The second-order valence-electron chi connectivity index (χ2n) is 5.53. The summed E-state index contributed by atoms with van der Waals surface area (Å²) in [5, 5.41) is 0. The minimum Gasteiger partial charge on any atom is -0.299 e. The predicted molar refractivity (Wildman–Crippen MR) is 70.8 cm³/mol. The smallest absolute Gasteiger partial charge is 0.136 e. The van der Waals surface area contributed by atoms with Crippen molar-refractivity contribution in [3.05, 3.63) is 35.4 Å². The molecule has 0 radical (unpaired) electrons. The molecule has 19 heavy (non-hydrogen) atoms. The van der Waals surface area contributed by atoms with Gasteiger partial charge in [-0.05, 0) is 36.8 Å². The molecule has 0 saturated heterocycles. The normalized spacial score (nSPS) is 23.6. The van der Waals surface area contributed by atoms with Crippen LogP contribution in [0, 0.1) is 23.5 Å². The highest BCUT2D eigenvalue weighted by Gasteiger charge is 2.28. The lowest BCUT2D eigenvalue weighted by Crippen LogP contribution is -2.26. The summed E-state index contributed by atoms with van der Waals surface area (Å²) in [5.41, 5.74) is 0.455. The zero-order valence-electron chi connectivity index (χ0n) is 11.3. The van der Waals surface area contributed by atoms with Gasteiger partial charge in [0.25, 0.3) is 0 Å². The number of ketones is 1. The van der Waals surface area contributed by atoms with E-state index in [-0.39, 0.29) is 11.7 Å². The van der Waals surface area contributed by atoms with Crippen molar-refractivity contribution < 1.29 is 13.6 Å². The van der Waals surface area contributed by atoms with Crippen LogP contribution in [-0.4, -0.2) is 5.78 Å². The molecule has 0 spiro atoms. The van der Waals surface area contributed by atoms with Crippen LogP contribution in [0.25, 0.3) is 0 Å². The van der Waals surface area contributed by atoms with E-state index in [0.29, 0.717) is 24.3 Å². The third-order valence-corrected chi connectivity index (χ3v) is 4.05. The molecule has 2 atom stereocenters. The van der Waals surface area contributed by atoms with E-state index in [1.807, 2.05) is 0 Å². The summed E-state index contributed by atoms with van der Waals surface area (Å²) in [5.74, 6) is -0.386. The summed E-state index contributed by atoms with van der Waals surface area (Å²) >= 11 is 0. The molecule has 0 amide bonds. The maximum Gasteiger partial charge on any atom is 0.136 e. The second-order valence-corrected chi connectivity index (χ2v) is 5.53.